The number of hydrogen-bond acceptors (Lipinski definition) is 4. The largest absolute Gasteiger partial charge is 0.458 e. The predicted octanol–water partition coefficient (Wildman–Crippen LogP) is 2.33. The predicted molar refractivity (Wildman–Crippen MR) is 81.2 cm³/mol. The number of rotatable bonds is 2. The van der Waals surface area contributed by atoms with Crippen LogP contribution in [0.25, 0.3) is 0 Å². The van der Waals surface area contributed by atoms with Crippen molar-refractivity contribution in [1.29, 1.82) is 0 Å². The highest BCUT2D eigenvalue weighted by atomic mass is 16.6. The Hall–Kier alpha value is -1.10. The second kappa shape index (κ2) is 5.84. The molecule has 0 aromatic carbocycles. The minimum absolute atomic E-state index is 0.00421. The molecule has 124 valence electrons. The lowest BCUT2D eigenvalue weighted by Crippen LogP contribution is -2.54. The van der Waals surface area contributed by atoms with Gasteiger partial charge in [-0.1, -0.05) is 19.3 Å². The van der Waals surface area contributed by atoms with Gasteiger partial charge in [-0.15, -0.1) is 0 Å². The number of amides is 1. The molecule has 1 spiro atoms. The van der Waals surface area contributed by atoms with E-state index in [1.165, 1.54) is 19.3 Å². The maximum Gasteiger partial charge on any atom is 0.307 e. The van der Waals surface area contributed by atoms with Gasteiger partial charge in [0.25, 0.3) is 0 Å². The summed E-state index contributed by atoms with van der Waals surface area (Å²) < 4.78 is 11.4. The average Bonchev–Trinajstić information content (AvgIpc) is 2.74. The van der Waals surface area contributed by atoms with Crippen LogP contribution in [-0.4, -0.2) is 35.7 Å². The maximum atomic E-state index is 12.8. The molecule has 0 aromatic rings. The molecule has 2 atom stereocenters. The third kappa shape index (κ3) is 3.14. The highest BCUT2D eigenvalue weighted by Gasteiger charge is 2.56. The van der Waals surface area contributed by atoms with Crippen LogP contribution in [-0.2, 0) is 19.1 Å². The van der Waals surface area contributed by atoms with Gasteiger partial charge in [-0.3, -0.25) is 9.59 Å². The van der Waals surface area contributed by atoms with Gasteiger partial charge >= 0.3 is 5.97 Å². The van der Waals surface area contributed by atoms with Gasteiger partial charge in [0.2, 0.25) is 5.91 Å². The molecule has 1 saturated carbocycles. The van der Waals surface area contributed by atoms with Gasteiger partial charge in [0.1, 0.15) is 5.60 Å². The number of carbonyl (C=O) groups is 2. The van der Waals surface area contributed by atoms with Crippen molar-refractivity contribution in [2.45, 2.75) is 82.5 Å². The van der Waals surface area contributed by atoms with Crippen LogP contribution in [0.5, 0.6) is 0 Å². The zero-order valence-electron chi connectivity index (χ0n) is 13.7. The summed E-state index contributed by atoms with van der Waals surface area (Å²) in [6.07, 6.45) is 7.12. The summed E-state index contributed by atoms with van der Waals surface area (Å²) in [7, 11) is 0. The lowest BCUT2D eigenvalue weighted by molar-refractivity contribution is -0.179. The van der Waals surface area contributed by atoms with Crippen molar-refractivity contribution in [2.75, 3.05) is 6.61 Å². The van der Waals surface area contributed by atoms with Crippen molar-refractivity contribution < 1.29 is 19.1 Å². The van der Waals surface area contributed by atoms with E-state index in [1.807, 2.05) is 13.8 Å². The van der Waals surface area contributed by atoms with E-state index in [2.05, 4.69) is 5.32 Å². The van der Waals surface area contributed by atoms with Gasteiger partial charge < -0.3 is 14.8 Å². The Labute approximate surface area is 132 Å². The fraction of sp³-hybridized carbons (Fsp3) is 0.882. The highest BCUT2D eigenvalue weighted by Crippen LogP contribution is 2.45. The molecule has 2 heterocycles. The Bertz CT molecular complexity index is 456. The summed E-state index contributed by atoms with van der Waals surface area (Å²) in [6, 6.07) is 0.266. The van der Waals surface area contributed by atoms with Crippen molar-refractivity contribution in [1.82, 2.24) is 5.32 Å². The van der Waals surface area contributed by atoms with Crippen LogP contribution in [0.4, 0.5) is 0 Å². The molecule has 5 nitrogen and oxygen atoms in total. The second-order valence-corrected chi connectivity index (χ2v) is 7.67. The Morgan fingerprint density at radius 2 is 1.95 bits per heavy atom. The van der Waals surface area contributed by atoms with Gasteiger partial charge in [-0.05, 0) is 26.7 Å². The second-order valence-electron chi connectivity index (χ2n) is 7.67. The van der Waals surface area contributed by atoms with Gasteiger partial charge in [-0.25, -0.2) is 0 Å². The number of nitrogens with one attached hydrogen (secondary N) is 1. The summed E-state index contributed by atoms with van der Waals surface area (Å²) in [5, 5.41) is 3.17. The molecule has 3 rings (SSSR count). The molecule has 0 bridgehead atoms. The summed E-state index contributed by atoms with van der Waals surface area (Å²) >= 11 is 0. The Morgan fingerprint density at radius 3 is 2.64 bits per heavy atom. The minimum atomic E-state index is -0.669. The van der Waals surface area contributed by atoms with E-state index >= 15 is 0 Å². The van der Waals surface area contributed by atoms with Gasteiger partial charge in [0.15, 0.2) is 0 Å². The van der Waals surface area contributed by atoms with E-state index in [0.717, 1.165) is 12.8 Å². The summed E-state index contributed by atoms with van der Waals surface area (Å²) in [5.74, 6) is -0.623. The van der Waals surface area contributed by atoms with Crippen LogP contribution in [0.15, 0.2) is 0 Å². The van der Waals surface area contributed by atoms with Gasteiger partial charge in [0.05, 0.1) is 24.5 Å². The van der Waals surface area contributed by atoms with E-state index in [-0.39, 0.29) is 35.9 Å². The fourth-order valence-corrected chi connectivity index (χ4v) is 4.32. The number of hydrogen-bond donors (Lipinski definition) is 1. The van der Waals surface area contributed by atoms with Crippen LogP contribution >= 0.6 is 0 Å². The van der Waals surface area contributed by atoms with E-state index in [9.17, 15) is 9.59 Å². The first-order valence-corrected chi connectivity index (χ1v) is 8.56. The lowest BCUT2D eigenvalue weighted by Gasteiger charge is -2.44. The quantitative estimate of drug-likeness (QED) is 0.795. The first-order chi connectivity index (χ1) is 10.4. The molecule has 22 heavy (non-hydrogen) atoms. The van der Waals surface area contributed by atoms with Crippen molar-refractivity contribution in [3.05, 3.63) is 0 Å². The normalized spacial score (nSPS) is 35.4. The topological polar surface area (TPSA) is 64.6 Å². The molecular formula is C17H27NO4. The molecule has 1 aliphatic carbocycles. The van der Waals surface area contributed by atoms with Crippen molar-refractivity contribution >= 4 is 11.9 Å². The third-order valence-corrected chi connectivity index (χ3v) is 5.33. The Balaban J connectivity index is 1.72. The monoisotopic (exact) mass is 309 g/mol. The fourth-order valence-electron chi connectivity index (χ4n) is 4.32. The summed E-state index contributed by atoms with van der Waals surface area (Å²) in [4.78, 5) is 24.7. The molecule has 3 aliphatic rings. The van der Waals surface area contributed by atoms with E-state index < -0.39 is 5.60 Å². The van der Waals surface area contributed by atoms with Crippen LogP contribution in [0, 0.1) is 5.92 Å². The standard InChI is InChI=1S/C17H27NO4/c1-16(2)11-17(8-9-21-16)13(10-14(19)22-17)15(20)18-12-6-4-3-5-7-12/h12-13H,3-11H2,1-2H3,(H,18,20)/t13-,17+/m1/s1. The van der Waals surface area contributed by atoms with Gasteiger partial charge in [0, 0.05) is 18.9 Å². The van der Waals surface area contributed by atoms with Crippen LogP contribution in [0.3, 0.4) is 0 Å². The Morgan fingerprint density at radius 1 is 1.23 bits per heavy atom. The number of carbonyl (C=O) groups excluding carboxylic acids is 2. The van der Waals surface area contributed by atoms with Crippen LogP contribution in [0.2, 0.25) is 0 Å². The van der Waals surface area contributed by atoms with Crippen molar-refractivity contribution in [2.24, 2.45) is 5.92 Å². The van der Waals surface area contributed by atoms with E-state index in [1.54, 1.807) is 0 Å². The molecule has 0 aromatic heterocycles. The first kappa shape index (κ1) is 15.8. The maximum absolute atomic E-state index is 12.8. The molecule has 1 amide bonds. The molecule has 2 saturated heterocycles. The molecule has 0 radical (unpaired) electrons. The molecular weight excluding hydrogens is 282 g/mol. The molecule has 5 heteroatoms. The van der Waals surface area contributed by atoms with Crippen LogP contribution < -0.4 is 5.32 Å². The zero-order chi connectivity index (χ0) is 15.8. The van der Waals surface area contributed by atoms with E-state index in [4.69, 9.17) is 9.47 Å². The number of esters is 1. The third-order valence-electron chi connectivity index (χ3n) is 5.33. The van der Waals surface area contributed by atoms with E-state index in [0.29, 0.717) is 19.4 Å². The zero-order valence-corrected chi connectivity index (χ0v) is 13.7. The number of ether oxygens (including phenoxy) is 2. The summed E-state index contributed by atoms with van der Waals surface area (Å²) in [6.45, 7) is 4.53. The molecule has 0 unspecified atom stereocenters. The Kier molecular flexibility index (Phi) is 4.19. The van der Waals surface area contributed by atoms with Gasteiger partial charge in [-0.2, -0.15) is 0 Å². The minimum Gasteiger partial charge on any atom is -0.458 e. The lowest BCUT2D eigenvalue weighted by atomic mass is 9.75. The summed E-state index contributed by atoms with van der Waals surface area (Å²) in [5.41, 5.74) is -1.02. The molecule has 3 fully saturated rings. The first-order valence-electron chi connectivity index (χ1n) is 8.56. The van der Waals surface area contributed by atoms with Crippen LogP contribution in [0.1, 0.15) is 65.2 Å². The SMILES string of the molecule is CC1(C)C[C@]2(CCO1)OC(=O)C[C@@H]2C(=O)NC1CCCCC1. The average molecular weight is 309 g/mol. The molecule has 1 N–H and O–H groups in total. The van der Waals surface area contributed by atoms with Crippen molar-refractivity contribution in [3.8, 4) is 0 Å². The smallest absolute Gasteiger partial charge is 0.307 e. The highest BCUT2D eigenvalue weighted by molar-refractivity contribution is 5.88. The molecule has 2 aliphatic heterocycles. The van der Waals surface area contributed by atoms with Crippen molar-refractivity contribution in [3.63, 3.8) is 0 Å².